The van der Waals surface area contributed by atoms with Crippen molar-refractivity contribution in [1.29, 1.82) is 0 Å². The van der Waals surface area contributed by atoms with Gasteiger partial charge in [0.1, 0.15) is 17.4 Å². The van der Waals surface area contributed by atoms with Crippen LogP contribution < -0.4 is 49.8 Å². The number of ether oxygens (including phenoxy) is 1. The molecule has 2 fully saturated rings. The van der Waals surface area contributed by atoms with Gasteiger partial charge in [0.05, 0.1) is 23.4 Å². The molecule has 2 saturated heterocycles. The Morgan fingerprint density at radius 1 is 1.05 bits per heavy atom. The summed E-state index contributed by atoms with van der Waals surface area (Å²) in [6, 6.07) is 15.7. The van der Waals surface area contributed by atoms with E-state index < -0.39 is 41.2 Å². The molecule has 4 aliphatic rings. The number of rotatable bonds is 20. The number of quaternary nitrogens is 1. The molecule has 1 aromatic heterocycles. The molecule has 336 valence electrons. The van der Waals surface area contributed by atoms with Gasteiger partial charge >= 0.3 is 18.9 Å². The predicted octanol–water partition coefficient (Wildman–Crippen LogP) is 0.507. The van der Waals surface area contributed by atoms with Gasteiger partial charge in [0.15, 0.2) is 5.91 Å². The minimum Gasteiger partial charge on any atom is -0.493 e. The fourth-order valence-corrected chi connectivity index (χ4v) is 8.51. The fraction of sp³-hybridized carbons (Fsp3) is 0.396. The number of amides is 5. The zero-order chi connectivity index (χ0) is 45.2. The number of imide groups is 2. The second-order valence-electron chi connectivity index (χ2n) is 16.4. The third-order valence-corrected chi connectivity index (χ3v) is 12.2. The van der Waals surface area contributed by atoms with E-state index in [1.165, 1.54) is 6.20 Å². The predicted molar refractivity (Wildman–Crippen MR) is 241 cm³/mol. The van der Waals surface area contributed by atoms with Crippen molar-refractivity contribution in [2.45, 2.75) is 76.4 Å². The average Bonchev–Trinajstić information content (AvgIpc) is 3.77. The normalized spacial score (nSPS) is 19.7. The van der Waals surface area contributed by atoms with E-state index in [9.17, 15) is 29.1 Å². The molecule has 3 aliphatic heterocycles. The van der Waals surface area contributed by atoms with E-state index in [0.29, 0.717) is 36.7 Å². The van der Waals surface area contributed by atoms with Crippen LogP contribution in [0.15, 0.2) is 89.7 Å². The molecular formula is C48H56LiN9O7. The maximum atomic E-state index is 13.3. The number of benzene rings is 2. The molecule has 65 heavy (non-hydrogen) atoms. The van der Waals surface area contributed by atoms with Gasteiger partial charge in [0, 0.05) is 50.9 Å². The molecule has 2 atom stereocenters. The number of piperidine rings is 1. The molecule has 0 bridgehead atoms. The molecule has 2 aromatic carbocycles. The fourth-order valence-electron chi connectivity index (χ4n) is 8.51. The maximum Gasteiger partial charge on any atom is 1.00 e. The van der Waals surface area contributed by atoms with Crippen LogP contribution in [0.2, 0.25) is 0 Å². The van der Waals surface area contributed by atoms with Gasteiger partial charge in [-0.25, -0.2) is 6.58 Å². The van der Waals surface area contributed by atoms with E-state index in [2.05, 4.69) is 60.8 Å². The van der Waals surface area contributed by atoms with Gasteiger partial charge in [-0.3, -0.25) is 44.4 Å². The van der Waals surface area contributed by atoms with Crippen LogP contribution in [-0.2, 0) is 26.4 Å². The smallest absolute Gasteiger partial charge is 0.493 e. The average molecular weight is 878 g/mol. The molecule has 7 rings (SSSR count). The van der Waals surface area contributed by atoms with E-state index in [1.54, 1.807) is 29.6 Å². The van der Waals surface area contributed by atoms with Crippen molar-refractivity contribution in [3.05, 3.63) is 114 Å². The number of aliphatic imine (C=N–C) groups is 1. The van der Waals surface area contributed by atoms with Crippen LogP contribution in [0.5, 0.6) is 5.75 Å². The number of pyridine rings is 1. The van der Waals surface area contributed by atoms with Gasteiger partial charge in [-0.15, -0.1) is 12.8 Å². The van der Waals surface area contributed by atoms with Gasteiger partial charge in [0.2, 0.25) is 17.6 Å². The third-order valence-electron chi connectivity index (χ3n) is 12.2. The quantitative estimate of drug-likeness (QED) is 0.0101. The summed E-state index contributed by atoms with van der Waals surface area (Å²) in [7, 11) is 0. The molecule has 5 amide bonds. The molecule has 1 aliphatic carbocycles. The zero-order valence-corrected chi connectivity index (χ0v) is 37.2. The summed E-state index contributed by atoms with van der Waals surface area (Å²) in [5.74, 6) is -1.72. The number of carbonyl (C=O) groups excluding carboxylic acids is 5. The number of unbranched alkanes of at least 4 members (excludes halogenated alkanes) is 3. The number of fused-ring (bicyclic) bond motifs is 2. The number of aromatic nitrogens is 1. The number of nitrogens with two attached hydrogens (primary N) is 1. The minimum absolute atomic E-state index is 0. The first-order chi connectivity index (χ1) is 31.0. The second kappa shape index (κ2) is 22.3. The molecule has 0 radical (unpaired) electrons. The second-order valence-corrected chi connectivity index (χ2v) is 16.4. The molecule has 0 spiro atoms. The summed E-state index contributed by atoms with van der Waals surface area (Å²) in [5, 5.41) is 20.6. The van der Waals surface area contributed by atoms with Crippen molar-refractivity contribution in [3.8, 4) is 5.75 Å². The first-order valence-corrected chi connectivity index (χ1v) is 22.0. The summed E-state index contributed by atoms with van der Waals surface area (Å²) >= 11 is 0. The molecule has 6 N–H and O–H groups in total. The van der Waals surface area contributed by atoms with E-state index in [1.807, 2.05) is 31.2 Å². The molecule has 0 saturated carbocycles. The topological polar surface area (TPSA) is 202 Å². The summed E-state index contributed by atoms with van der Waals surface area (Å²) in [4.78, 5) is 78.1. The summed E-state index contributed by atoms with van der Waals surface area (Å²) < 4.78 is 5.98. The Kier molecular flexibility index (Phi) is 16.7. The van der Waals surface area contributed by atoms with Crippen LogP contribution in [0.1, 0.15) is 90.3 Å². The first kappa shape index (κ1) is 48.6. The Morgan fingerprint density at radius 2 is 1.82 bits per heavy atom. The van der Waals surface area contributed by atoms with Crippen LogP contribution in [-0.4, -0.2) is 108 Å². The van der Waals surface area contributed by atoms with Crippen LogP contribution in [0.25, 0.3) is 0 Å². The first-order valence-electron chi connectivity index (χ1n) is 22.0. The zero-order valence-electron chi connectivity index (χ0n) is 37.2. The Balaban J connectivity index is 0.00000700. The van der Waals surface area contributed by atoms with Crippen molar-refractivity contribution in [2.75, 3.05) is 56.1 Å². The maximum absolute atomic E-state index is 13.3. The van der Waals surface area contributed by atoms with Crippen molar-refractivity contribution in [3.63, 3.8) is 0 Å². The number of nitrogens with one attached hydrogen (secondary N) is 3. The van der Waals surface area contributed by atoms with Crippen molar-refractivity contribution in [2.24, 2.45) is 4.99 Å². The van der Waals surface area contributed by atoms with Crippen molar-refractivity contribution >= 4 is 53.1 Å². The largest absolute Gasteiger partial charge is 1.00 e. The van der Waals surface area contributed by atoms with Crippen molar-refractivity contribution < 1.29 is 58.0 Å². The summed E-state index contributed by atoms with van der Waals surface area (Å²) in [5.41, 5.74) is 3.30. The van der Waals surface area contributed by atoms with Crippen LogP contribution in [0.4, 0.5) is 17.2 Å². The Morgan fingerprint density at radius 3 is 2.55 bits per heavy atom. The molecule has 16 nitrogen and oxygen atoms in total. The Bertz CT molecular complexity index is 2340. The number of anilines is 2. The number of nitrogens with zero attached hydrogens (tertiary/aromatic N) is 5. The van der Waals surface area contributed by atoms with E-state index in [4.69, 9.17) is 11.3 Å². The van der Waals surface area contributed by atoms with E-state index >= 15 is 0 Å². The molecule has 1 unspecified atom stereocenters. The van der Waals surface area contributed by atoms with E-state index in [0.717, 1.165) is 86.7 Å². The molecule has 17 heteroatoms. The monoisotopic (exact) mass is 877 g/mol. The van der Waals surface area contributed by atoms with E-state index in [-0.39, 0.29) is 60.6 Å². The number of hydrogen-bond donors (Lipinski definition) is 5. The van der Waals surface area contributed by atoms with Gasteiger partial charge in [-0.2, -0.15) is 4.98 Å². The SMILES string of the molecule is [CH-]=C([NH2+]c1ccc2c(n1)[C@@](O)(CC)CC2)/C(=C\N=[C-]Nc1ccc(N2CCN(CCCCCCOc3cccc4c3C(=O)N(C3CCC(=O)NC3=O)C4=O)CC2)cc1)C(=O)NCC=C.[Li+]. The van der Waals surface area contributed by atoms with Crippen molar-refractivity contribution in [1.82, 2.24) is 25.4 Å². The molecule has 4 heterocycles. The number of carbonyl (C=O) groups is 5. The van der Waals surface area contributed by atoms with Gasteiger partial charge in [-0.05, 0) is 93.0 Å². The van der Waals surface area contributed by atoms with Crippen LogP contribution in [0, 0.1) is 6.58 Å². The minimum atomic E-state index is -1.01. The number of hydrogen-bond acceptors (Lipinski definition) is 11. The third kappa shape index (κ3) is 11.5. The van der Waals surface area contributed by atoms with Gasteiger partial charge in [0.25, 0.3) is 11.8 Å². The number of aliphatic hydroxyl groups is 1. The number of piperazine rings is 1. The van der Waals surface area contributed by atoms with Crippen LogP contribution in [0.3, 0.4) is 0 Å². The van der Waals surface area contributed by atoms with Crippen LogP contribution >= 0.6 is 0 Å². The summed E-state index contributed by atoms with van der Waals surface area (Å²) in [6.45, 7) is 17.4. The van der Waals surface area contributed by atoms with Gasteiger partial charge in [-0.1, -0.05) is 55.3 Å². The molecule has 3 aromatic rings. The van der Waals surface area contributed by atoms with Gasteiger partial charge < -0.3 is 30.4 Å². The summed E-state index contributed by atoms with van der Waals surface area (Å²) in [6.07, 6.45) is 11.7. The molecular weight excluding hydrogens is 822 g/mol. The number of aryl methyl sites for hydroxylation is 1. The Labute approximate surface area is 391 Å². The standard InChI is InChI=1S/C48H55N9O7.Li/c1-4-23-50-44(59)37(32(3)52-40-19-13-33-21-22-48(63,5-2)43(33)53-40)30-49-31-51-34-14-16-35(17-15-34)56-27-25-55(26-28-56)24-8-6-7-9-29-64-39-12-10-11-36-42(39)47(62)57(46(36)61)38-18-20-41(58)54-45(38)60;/h3-4,10-17,19,30,38,63H,1,5-9,18,20-29H2,2H3,(H,49,51)(H,50,59)(H,52,53)(H,54,58,60);/q-2;+1/p+1/b37-30+;/t38?,48-;/m1./s1. The Hall–Kier alpha value is -5.89.